The van der Waals surface area contributed by atoms with Crippen molar-refractivity contribution in [3.05, 3.63) is 0 Å². The SMILES string of the molecule is CC[B]C(=O)O. The molecule has 1 N–H and O–H groups in total. The fraction of sp³-hybridized carbons (Fsp3) is 0.667. The lowest BCUT2D eigenvalue weighted by Crippen LogP contribution is -2.01. The smallest absolute Gasteiger partial charge is 0.260 e. The zero-order chi connectivity index (χ0) is 4.99. The Hall–Kier alpha value is -0.465. The van der Waals surface area contributed by atoms with E-state index in [-0.39, 0.29) is 0 Å². The van der Waals surface area contributed by atoms with E-state index in [4.69, 9.17) is 5.11 Å². The molecule has 0 aromatic heterocycles. The van der Waals surface area contributed by atoms with Crippen LogP contribution in [0.2, 0.25) is 6.32 Å². The summed E-state index contributed by atoms with van der Waals surface area (Å²) in [7, 11) is 1.21. The third-order valence-corrected chi connectivity index (χ3v) is 0.379. The fourth-order valence-corrected chi connectivity index (χ4v) is 0.175. The first kappa shape index (κ1) is 5.53. The number of carbonyl (C=O) groups is 1. The van der Waals surface area contributed by atoms with Gasteiger partial charge in [-0.05, 0) is 0 Å². The van der Waals surface area contributed by atoms with Gasteiger partial charge in [-0.3, -0.25) is 4.79 Å². The monoisotopic (exact) mass is 85.0 g/mol. The van der Waals surface area contributed by atoms with Crippen LogP contribution in [0.1, 0.15) is 6.92 Å². The second-order valence-electron chi connectivity index (χ2n) is 0.951. The molecule has 0 rings (SSSR count). The van der Waals surface area contributed by atoms with Gasteiger partial charge in [0.15, 0.2) is 0 Å². The summed E-state index contributed by atoms with van der Waals surface area (Å²) < 4.78 is 0. The van der Waals surface area contributed by atoms with Crippen LogP contribution in [-0.2, 0) is 0 Å². The highest BCUT2D eigenvalue weighted by atomic mass is 16.4. The Balaban J connectivity index is 2.83. The van der Waals surface area contributed by atoms with Gasteiger partial charge in [-0.25, -0.2) is 0 Å². The first-order chi connectivity index (χ1) is 2.77. The van der Waals surface area contributed by atoms with Crippen molar-refractivity contribution < 1.29 is 9.90 Å². The van der Waals surface area contributed by atoms with E-state index in [0.717, 1.165) is 0 Å². The highest BCUT2D eigenvalue weighted by Gasteiger charge is 1.91. The molecule has 3 heteroatoms. The minimum Gasteiger partial charge on any atom is -0.490 e. The quantitative estimate of drug-likeness (QED) is 0.503. The Bertz CT molecular complexity index is 52.8. The number of carboxylic acid groups (broad SMARTS) is 1. The van der Waals surface area contributed by atoms with E-state index in [0.29, 0.717) is 6.32 Å². The van der Waals surface area contributed by atoms with Gasteiger partial charge in [0.2, 0.25) is 5.87 Å². The molecule has 0 amide bonds. The van der Waals surface area contributed by atoms with Crippen LogP contribution in [-0.4, -0.2) is 18.3 Å². The molecule has 0 fully saturated rings. The summed E-state index contributed by atoms with van der Waals surface area (Å²) in [5, 5.41) is 7.86. The van der Waals surface area contributed by atoms with Crippen LogP contribution in [0.4, 0.5) is 4.79 Å². The summed E-state index contributed by atoms with van der Waals surface area (Å²) in [5.41, 5.74) is 0. The van der Waals surface area contributed by atoms with E-state index in [9.17, 15) is 4.79 Å². The van der Waals surface area contributed by atoms with Crippen LogP contribution in [0.5, 0.6) is 0 Å². The first-order valence-electron chi connectivity index (χ1n) is 1.83. The van der Waals surface area contributed by atoms with Gasteiger partial charge in [0, 0.05) is 0 Å². The molecule has 0 aliphatic rings. The number of hydrogen-bond donors (Lipinski definition) is 1. The van der Waals surface area contributed by atoms with Crippen molar-refractivity contribution in [3.8, 4) is 0 Å². The minimum atomic E-state index is -0.836. The average Bonchev–Trinajstić information content (AvgIpc) is 1.35. The zero-order valence-corrected chi connectivity index (χ0v) is 3.64. The number of hydrogen-bond acceptors (Lipinski definition) is 1. The maximum absolute atomic E-state index is 9.54. The lowest BCUT2D eigenvalue weighted by atomic mass is 9.76. The Morgan fingerprint density at radius 1 is 2.00 bits per heavy atom. The molecular weight excluding hydrogens is 78.8 g/mol. The van der Waals surface area contributed by atoms with Gasteiger partial charge in [0.25, 0.3) is 7.28 Å². The highest BCUT2D eigenvalue weighted by Crippen LogP contribution is 1.71. The molecule has 0 heterocycles. The van der Waals surface area contributed by atoms with Crippen molar-refractivity contribution in [2.24, 2.45) is 0 Å². The van der Waals surface area contributed by atoms with E-state index < -0.39 is 5.87 Å². The van der Waals surface area contributed by atoms with Crippen molar-refractivity contribution >= 4 is 13.1 Å². The lowest BCUT2D eigenvalue weighted by molar-refractivity contribution is 0.220. The molecule has 6 heavy (non-hydrogen) atoms. The van der Waals surface area contributed by atoms with E-state index >= 15 is 0 Å². The summed E-state index contributed by atoms with van der Waals surface area (Å²) in [6, 6.07) is 0. The van der Waals surface area contributed by atoms with Gasteiger partial charge in [-0.1, -0.05) is 13.2 Å². The van der Waals surface area contributed by atoms with Gasteiger partial charge in [-0.15, -0.1) is 0 Å². The second kappa shape index (κ2) is 2.76. The maximum Gasteiger partial charge on any atom is 0.260 e. The van der Waals surface area contributed by atoms with E-state index in [1.807, 2.05) is 0 Å². The first-order valence-corrected chi connectivity index (χ1v) is 1.83. The van der Waals surface area contributed by atoms with Crippen LogP contribution < -0.4 is 0 Å². The largest absolute Gasteiger partial charge is 0.490 e. The van der Waals surface area contributed by atoms with Gasteiger partial charge in [0.05, 0.1) is 0 Å². The number of rotatable bonds is 2. The van der Waals surface area contributed by atoms with E-state index in [2.05, 4.69) is 0 Å². The molecule has 2 nitrogen and oxygen atoms in total. The van der Waals surface area contributed by atoms with Crippen LogP contribution in [0.3, 0.4) is 0 Å². The Kier molecular flexibility index (Phi) is 2.54. The molecule has 33 valence electrons. The zero-order valence-electron chi connectivity index (χ0n) is 3.64. The third kappa shape index (κ3) is 3.53. The highest BCUT2D eigenvalue weighted by molar-refractivity contribution is 6.71. The lowest BCUT2D eigenvalue weighted by Gasteiger charge is -1.77. The van der Waals surface area contributed by atoms with Gasteiger partial charge in [0.1, 0.15) is 0 Å². The van der Waals surface area contributed by atoms with Crippen molar-refractivity contribution in [3.63, 3.8) is 0 Å². The summed E-state index contributed by atoms with van der Waals surface area (Å²) in [4.78, 5) is 9.54. The van der Waals surface area contributed by atoms with E-state index in [1.54, 1.807) is 6.92 Å². The maximum atomic E-state index is 9.54. The van der Waals surface area contributed by atoms with Crippen LogP contribution in [0.25, 0.3) is 0 Å². The molecular formula is C3H6BO2. The standard InChI is InChI=1S/C3H6BO2/c1-2-4-3(5)6/h2H2,1H3,(H,5,6). The minimum absolute atomic E-state index is 0.606. The summed E-state index contributed by atoms with van der Waals surface area (Å²) in [6.07, 6.45) is 0.606. The molecule has 1 radical (unpaired) electrons. The van der Waals surface area contributed by atoms with Gasteiger partial charge in [-0.2, -0.15) is 0 Å². The molecule has 0 bridgehead atoms. The molecule has 0 unspecified atom stereocenters. The van der Waals surface area contributed by atoms with Crippen molar-refractivity contribution in [1.29, 1.82) is 0 Å². The van der Waals surface area contributed by atoms with Crippen molar-refractivity contribution in [2.75, 3.05) is 0 Å². The van der Waals surface area contributed by atoms with Crippen molar-refractivity contribution in [2.45, 2.75) is 13.2 Å². The molecule has 0 saturated carbocycles. The Morgan fingerprint density at radius 3 is 2.50 bits per heavy atom. The predicted molar refractivity (Wildman–Crippen MR) is 24.3 cm³/mol. The molecule has 0 aliphatic carbocycles. The Labute approximate surface area is 37.4 Å². The van der Waals surface area contributed by atoms with Gasteiger partial charge < -0.3 is 5.11 Å². The summed E-state index contributed by atoms with van der Waals surface area (Å²) in [5.74, 6) is -0.836. The van der Waals surface area contributed by atoms with Gasteiger partial charge >= 0.3 is 0 Å². The predicted octanol–water partition coefficient (Wildman–Crippen LogP) is 0.807. The molecule has 0 spiro atoms. The summed E-state index contributed by atoms with van der Waals surface area (Å²) in [6.45, 7) is 1.79. The summed E-state index contributed by atoms with van der Waals surface area (Å²) >= 11 is 0. The topological polar surface area (TPSA) is 37.3 Å². The molecule has 0 saturated heterocycles. The van der Waals surface area contributed by atoms with Crippen molar-refractivity contribution in [1.82, 2.24) is 0 Å². The van der Waals surface area contributed by atoms with Crippen LogP contribution >= 0.6 is 0 Å². The molecule has 0 aliphatic heterocycles. The van der Waals surface area contributed by atoms with Crippen LogP contribution in [0, 0.1) is 0 Å². The van der Waals surface area contributed by atoms with Crippen LogP contribution in [0.15, 0.2) is 0 Å². The Morgan fingerprint density at radius 2 is 2.50 bits per heavy atom. The molecule has 0 atom stereocenters. The second-order valence-corrected chi connectivity index (χ2v) is 0.951. The molecule has 0 aromatic carbocycles. The average molecular weight is 84.9 g/mol. The molecule has 0 aromatic rings. The normalized spacial score (nSPS) is 7.50. The third-order valence-electron chi connectivity index (χ3n) is 0.379. The fourth-order valence-electron chi connectivity index (χ4n) is 0.175. The van der Waals surface area contributed by atoms with E-state index in [1.165, 1.54) is 7.28 Å².